The molecule has 0 bridgehead atoms. The predicted octanol–water partition coefficient (Wildman–Crippen LogP) is -6.93. The van der Waals surface area contributed by atoms with E-state index < -0.39 is 61.7 Å². The van der Waals surface area contributed by atoms with Gasteiger partial charge in [0.1, 0.15) is 31.3 Å². The van der Waals surface area contributed by atoms with E-state index in [-0.39, 0.29) is 0 Å². The molecule has 0 heterocycles. The first-order valence-corrected chi connectivity index (χ1v) is 13.8. The first kappa shape index (κ1) is 38.3. The minimum Gasteiger partial charge on any atom is -0.377 e. The van der Waals surface area contributed by atoms with Crippen molar-refractivity contribution in [3.05, 3.63) is 0 Å². The third-order valence-corrected chi connectivity index (χ3v) is 6.29. The number of nitrogens with one attached hydrogen (secondary N) is 5. The molecule has 0 fully saturated rings. The lowest BCUT2D eigenvalue weighted by molar-refractivity contribution is -0.0860. The van der Waals surface area contributed by atoms with Gasteiger partial charge >= 0.3 is 0 Å². The Hall–Kier alpha value is -0.680. The topological polar surface area (TPSA) is 343 Å². The van der Waals surface area contributed by atoms with E-state index in [0.29, 0.717) is 77.5 Å². The van der Waals surface area contributed by atoms with Crippen LogP contribution in [-0.2, 0) is 0 Å². The van der Waals surface area contributed by atoms with Gasteiger partial charge in [0.25, 0.3) is 0 Å². The van der Waals surface area contributed by atoms with Crippen LogP contribution in [0, 0.1) is 0 Å². The molecule has 0 rings (SSSR count). The van der Waals surface area contributed by atoms with E-state index in [1.54, 1.807) is 0 Å². The van der Waals surface area contributed by atoms with Crippen LogP contribution in [0.3, 0.4) is 0 Å². The Morgan fingerprint density at radius 1 is 0.487 bits per heavy atom. The lowest BCUT2D eigenvalue weighted by Gasteiger charge is -2.35. The summed E-state index contributed by atoms with van der Waals surface area (Å²) in [5, 5.41) is 66.7. The Kier molecular flexibility index (Phi) is 22.5. The van der Waals surface area contributed by atoms with Crippen LogP contribution >= 0.6 is 0 Å². The second-order valence-electron chi connectivity index (χ2n) is 9.84. The van der Waals surface area contributed by atoms with Gasteiger partial charge in [0.05, 0.1) is 6.04 Å². The maximum Gasteiger partial charge on any atom is 0.167 e. The fraction of sp³-hybridized carbons (Fsp3) is 1.00. The molecule has 0 aromatic carbocycles. The molecule has 236 valence electrons. The van der Waals surface area contributed by atoms with Crippen LogP contribution in [0.5, 0.6) is 0 Å². The molecule has 0 aliphatic carbocycles. The number of aliphatic hydroxyl groups excluding tert-OH is 4. The van der Waals surface area contributed by atoms with E-state index >= 15 is 0 Å². The van der Waals surface area contributed by atoms with Gasteiger partial charge < -0.3 is 65.7 Å². The van der Waals surface area contributed by atoms with E-state index in [9.17, 15) is 25.5 Å². The second-order valence-corrected chi connectivity index (χ2v) is 9.84. The normalized spacial score (nSPS) is 17.9. The highest BCUT2D eigenvalue weighted by Crippen LogP contribution is 2.11. The monoisotopic (exact) mass is 570 g/mol. The van der Waals surface area contributed by atoms with E-state index in [2.05, 4.69) is 26.6 Å². The van der Waals surface area contributed by atoms with E-state index in [4.69, 9.17) is 40.1 Å². The van der Waals surface area contributed by atoms with Gasteiger partial charge in [-0.1, -0.05) is 0 Å². The van der Waals surface area contributed by atoms with Crippen molar-refractivity contribution in [3.8, 4) is 0 Å². The standard InChI is InChI=1S/C22H58N12O5/c23-9-1-5-13(25)17(35)32-15(7-3-11-30-21(26)27)18(36)33-14(6-2-10-24)19(37)34-16(20(38)39)8-4-12-31-22(28)29/h13-22,30-39H,1-12,23-29H2/t13?,14?,15-,16-,17+,18?,19+/m1/s1. The van der Waals surface area contributed by atoms with Gasteiger partial charge in [0, 0.05) is 18.1 Å². The highest BCUT2D eigenvalue weighted by Gasteiger charge is 2.30. The third kappa shape index (κ3) is 19.1. The van der Waals surface area contributed by atoms with Crippen LogP contribution in [0.25, 0.3) is 0 Å². The molecule has 39 heavy (non-hydrogen) atoms. The van der Waals surface area contributed by atoms with Crippen molar-refractivity contribution in [2.75, 3.05) is 26.2 Å². The Morgan fingerprint density at radius 2 is 0.872 bits per heavy atom. The van der Waals surface area contributed by atoms with Crippen LogP contribution in [0.4, 0.5) is 0 Å². The van der Waals surface area contributed by atoms with Crippen molar-refractivity contribution in [2.24, 2.45) is 40.1 Å². The van der Waals surface area contributed by atoms with Crippen molar-refractivity contribution >= 4 is 0 Å². The van der Waals surface area contributed by atoms with Crippen molar-refractivity contribution in [1.29, 1.82) is 0 Å². The Labute approximate surface area is 232 Å². The Balaban J connectivity index is 5.37. The fourth-order valence-electron chi connectivity index (χ4n) is 4.03. The highest BCUT2D eigenvalue weighted by atomic mass is 16.5. The van der Waals surface area contributed by atoms with Gasteiger partial charge in [-0.05, 0) is 77.5 Å². The van der Waals surface area contributed by atoms with Crippen LogP contribution in [0.15, 0.2) is 0 Å². The molecule has 24 N–H and O–H groups in total. The number of nitrogens with two attached hydrogens (primary N) is 7. The molecule has 0 aliphatic rings. The molecule has 17 heteroatoms. The summed E-state index contributed by atoms with van der Waals surface area (Å²) in [6.45, 7) is 1.70. The zero-order valence-corrected chi connectivity index (χ0v) is 23.0. The van der Waals surface area contributed by atoms with Crippen molar-refractivity contribution in [1.82, 2.24) is 26.6 Å². The molecule has 7 atom stereocenters. The van der Waals surface area contributed by atoms with Crippen molar-refractivity contribution < 1.29 is 25.5 Å². The molecule has 0 spiro atoms. The summed E-state index contributed by atoms with van der Waals surface area (Å²) >= 11 is 0. The molecule has 0 aromatic rings. The predicted molar refractivity (Wildman–Crippen MR) is 150 cm³/mol. The fourth-order valence-corrected chi connectivity index (χ4v) is 4.03. The average molecular weight is 571 g/mol. The van der Waals surface area contributed by atoms with Gasteiger partial charge in [-0.25, -0.2) is 0 Å². The first-order chi connectivity index (χ1) is 18.4. The van der Waals surface area contributed by atoms with Gasteiger partial charge in [0.15, 0.2) is 6.29 Å². The van der Waals surface area contributed by atoms with Crippen molar-refractivity contribution in [3.63, 3.8) is 0 Å². The van der Waals surface area contributed by atoms with E-state index in [0.717, 1.165) is 0 Å². The third-order valence-electron chi connectivity index (χ3n) is 6.29. The summed E-state index contributed by atoms with van der Waals surface area (Å²) in [6.07, 6.45) is -2.94. The Bertz CT molecular complexity index is 570. The van der Waals surface area contributed by atoms with E-state index in [1.165, 1.54) is 0 Å². The van der Waals surface area contributed by atoms with E-state index in [1.807, 2.05) is 0 Å². The second kappa shape index (κ2) is 22.9. The minimum absolute atomic E-state index is 0.300. The molecule has 17 nitrogen and oxygen atoms in total. The first-order valence-electron chi connectivity index (χ1n) is 13.8. The summed E-state index contributed by atoms with van der Waals surface area (Å²) in [6, 6.07) is -2.85. The zero-order chi connectivity index (χ0) is 29.8. The van der Waals surface area contributed by atoms with Gasteiger partial charge in [-0.3, -0.25) is 26.6 Å². The van der Waals surface area contributed by atoms with Gasteiger partial charge in [0.2, 0.25) is 0 Å². The number of hydrogen-bond acceptors (Lipinski definition) is 17. The lowest BCUT2D eigenvalue weighted by atomic mass is 10.0. The van der Waals surface area contributed by atoms with Crippen molar-refractivity contribution in [2.45, 2.75) is 113 Å². The summed E-state index contributed by atoms with van der Waals surface area (Å²) in [5.41, 5.74) is 39.2. The maximum absolute atomic E-state index is 11.1. The molecule has 0 radical (unpaired) electrons. The summed E-state index contributed by atoms with van der Waals surface area (Å²) < 4.78 is 0. The molecule has 0 saturated carbocycles. The average Bonchev–Trinajstić information content (AvgIpc) is 2.87. The summed E-state index contributed by atoms with van der Waals surface area (Å²) in [5.74, 6) is 0. The number of hydrogen-bond donors (Lipinski definition) is 17. The zero-order valence-electron chi connectivity index (χ0n) is 23.0. The SMILES string of the molecule is NCCCC(N)[C@H](O)N[C@H](CCCNC(N)N)C(O)NC(CCCN)[C@H](O)N[C@H](CCCNC(N)N)C(O)O. The lowest BCUT2D eigenvalue weighted by Crippen LogP contribution is -2.61. The molecule has 0 amide bonds. The number of rotatable bonds is 26. The summed E-state index contributed by atoms with van der Waals surface area (Å²) in [7, 11) is 0. The maximum atomic E-state index is 11.1. The molecular formula is C22H58N12O5. The minimum atomic E-state index is -1.74. The molecular weight excluding hydrogens is 512 g/mol. The molecule has 0 saturated heterocycles. The molecule has 0 aromatic heterocycles. The van der Waals surface area contributed by atoms with Gasteiger partial charge in [-0.2, -0.15) is 0 Å². The Morgan fingerprint density at radius 3 is 1.31 bits per heavy atom. The quantitative estimate of drug-likeness (QED) is 0.0339. The molecule has 0 aliphatic heterocycles. The van der Waals surface area contributed by atoms with Gasteiger partial charge in [-0.15, -0.1) is 0 Å². The van der Waals surface area contributed by atoms with Crippen LogP contribution < -0.4 is 66.7 Å². The highest BCUT2D eigenvalue weighted by molar-refractivity contribution is 4.86. The molecule has 3 unspecified atom stereocenters. The van der Waals surface area contributed by atoms with Crippen LogP contribution in [0.2, 0.25) is 0 Å². The largest absolute Gasteiger partial charge is 0.377 e. The smallest absolute Gasteiger partial charge is 0.167 e. The number of aliphatic hydroxyl groups is 5. The van der Waals surface area contributed by atoms with Crippen LogP contribution in [-0.4, -0.2) is 113 Å². The summed E-state index contributed by atoms with van der Waals surface area (Å²) in [4.78, 5) is 0. The van der Waals surface area contributed by atoms with Crippen LogP contribution in [0.1, 0.15) is 51.4 Å².